The summed E-state index contributed by atoms with van der Waals surface area (Å²) in [5.74, 6) is 0.279. The van der Waals surface area contributed by atoms with Crippen LogP contribution in [0.5, 0.6) is 0 Å². The van der Waals surface area contributed by atoms with Crippen molar-refractivity contribution in [1.29, 1.82) is 0 Å². The van der Waals surface area contributed by atoms with Crippen molar-refractivity contribution in [3.63, 3.8) is 0 Å². The molecule has 6 nitrogen and oxygen atoms in total. The van der Waals surface area contributed by atoms with Crippen molar-refractivity contribution in [1.82, 2.24) is 19.8 Å². The summed E-state index contributed by atoms with van der Waals surface area (Å²) >= 11 is 0. The molecule has 0 spiro atoms. The van der Waals surface area contributed by atoms with E-state index in [1.165, 1.54) is 0 Å². The fourth-order valence-electron chi connectivity index (χ4n) is 3.61. The van der Waals surface area contributed by atoms with Crippen LogP contribution in [0, 0.1) is 0 Å². The number of fused-ring (bicyclic) bond motifs is 1. The van der Waals surface area contributed by atoms with Gasteiger partial charge >= 0.3 is 0 Å². The van der Waals surface area contributed by atoms with Crippen LogP contribution in [0.4, 0.5) is 0 Å². The van der Waals surface area contributed by atoms with Crippen molar-refractivity contribution in [2.24, 2.45) is 0 Å². The number of unbranched alkanes of at least 4 members (excludes halogenated alkanes) is 2. The van der Waals surface area contributed by atoms with Crippen molar-refractivity contribution >= 4 is 11.8 Å². The Morgan fingerprint density at radius 1 is 1.08 bits per heavy atom. The summed E-state index contributed by atoms with van der Waals surface area (Å²) in [5.41, 5.74) is 1.46. The van der Waals surface area contributed by atoms with Crippen molar-refractivity contribution in [2.45, 2.75) is 64.8 Å². The Hall–Kier alpha value is -1.85. The average Bonchev–Trinajstić information content (AvgIpc) is 3.26. The fourth-order valence-corrected chi connectivity index (χ4v) is 3.61. The highest BCUT2D eigenvalue weighted by atomic mass is 16.2. The summed E-state index contributed by atoms with van der Waals surface area (Å²) < 4.78 is 1.97. The van der Waals surface area contributed by atoms with Gasteiger partial charge in [0.05, 0.1) is 5.69 Å². The van der Waals surface area contributed by atoms with Gasteiger partial charge in [-0.2, -0.15) is 0 Å². The lowest BCUT2D eigenvalue weighted by atomic mass is 10.1. The highest BCUT2D eigenvalue weighted by Crippen LogP contribution is 2.23. The number of nitrogens with one attached hydrogen (secondary N) is 1. The molecule has 0 aliphatic carbocycles. The molecule has 132 valence electrons. The minimum Gasteiger partial charge on any atom is -0.349 e. The molecule has 0 aromatic carbocycles. The fraction of sp³-hybridized carbons (Fsp3) is 0.722. The lowest BCUT2D eigenvalue weighted by molar-refractivity contribution is 0.0786. The number of hydrogen-bond donors (Lipinski definition) is 1. The quantitative estimate of drug-likeness (QED) is 0.813. The van der Waals surface area contributed by atoms with Crippen LogP contribution < -0.4 is 5.32 Å². The first-order valence-corrected chi connectivity index (χ1v) is 9.39. The van der Waals surface area contributed by atoms with Crippen LogP contribution in [-0.4, -0.2) is 45.9 Å². The monoisotopic (exact) mass is 332 g/mol. The van der Waals surface area contributed by atoms with Crippen LogP contribution in [0.15, 0.2) is 0 Å². The van der Waals surface area contributed by atoms with E-state index < -0.39 is 0 Å². The SMILES string of the molecule is CCCCCNC(=O)c1nc(C(=O)N2CCCC2)c2n1CCCC2. The lowest BCUT2D eigenvalue weighted by Gasteiger charge is -2.18. The molecule has 0 atom stereocenters. The predicted octanol–water partition coefficient (Wildman–Crippen LogP) is 2.38. The Kier molecular flexibility index (Phi) is 5.53. The van der Waals surface area contributed by atoms with Crippen LogP contribution in [0.2, 0.25) is 0 Å². The number of aromatic nitrogens is 2. The van der Waals surface area contributed by atoms with E-state index in [0.29, 0.717) is 18.1 Å². The van der Waals surface area contributed by atoms with E-state index in [1.54, 1.807) is 0 Å². The van der Waals surface area contributed by atoms with Gasteiger partial charge in [0.15, 0.2) is 5.82 Å². The van der Waals surface area contributed by atoms with Crippen molar-refractivity contribution in [2.75, 3.05) is 19.6 Å². The van der Waals surface area contributed by atoms with Gasteiger partial charge in [0, 0.05) is 26.2 Å². The molecular formula is C18H28N4O2. The third-order valence-electron chi connectivity index (χ3n) is 4.98. The molecule has 0 saturated carbocycles. The van der Waals surface area contributed by atoms with Gasteiger partial charge in [0.25, 0.3) is 11.8 Å². The summed E-state index contributed by atoms with van der Waals surface area (Å²) in [5, 5.41) is 2.96. The zero-order valence-corrected chi connectivity index (χ0v) is 14.6. The molecule has 2 aliphatic rings. The van der Waals surface area contributed by atoms with Gasteiger partial charge < -0.3 is 14.8 Å². The van der Waals surface area contributed by atoms with E-state index in [4.69, 9.17) is 0 Å². The van der Waals surface area contributed by atoms with E-state index in [1.807, 2.05) is 9.47 Å². The average molecular weight is 332 g/mol. The second-order valence-corrected chi connectivity index (χ2v) is 6.80. The number of nitrogens with zero attached hydrogens (tertiary/aromatic N) is 3. The topological polar surface area (TPSA) is 67.2 Å². The Balaban J connectivity index is 1.79. The van der Waals surface area contributed by atoms with Gasteiger partial charge in [-0.25, -0.2) is 4.98 Å². The van der Waals surface area contributed by atoms with E-state index in [0.717, 1.165) is 76.7 Å². The molecule has 2 amide bonds. The van der Waals surface area contributed by atoms with Gasteiger partial charge in [0.1, 0.15) is 5.69 Å². The highest BCUT2D eigenvalue weighted by Gasteiger charge is 2.30. The Morgan fingerprint density at radius 2 is 1.83 bits per heavy atom. The number of hydrogen-bond acceptors (Lipinski definition) is 3. The molecule has 0 unspecified atom stereocenters. The summed E-state index contributed by atoms with van der Waals surface area (Å²) in [6.45, 7) is 5.22. The lowest BCUT2D eigenvalue weighted by Crippen LogP contribution is -2.29. The number of amides is 2. The zero-order valence-electron chi connectivity index (χ0n) is 14.6. The normalized spacial score (nSPS) is 17.0. The number of rotatable bonds is 6. The van der Waals surface area contributed by atoms with Crippen molar-refractivity contribution in [3.8, 4) is 0 Å². The van der Waals surface area contributed by atoms with Crippen LogP contribution in [0.25, 0.3) is 0 Å². The molecule has 24 heavy (non-hydrogen) atoms. The zero-order chi connectivity index (χ0) is 16.9. The first-order valence-electron chi connectivity index (χ1n) is 9.39. The first-order chi connectivity index (χ1) is 11.7. The van der Waals surface area contributed by atoms with E-state index in [-0.39, 0.29) is 11.8 Å². The van der Waals surface area contributed by atoms with Gasteiger partial charge in [-0.3, -0.25) is 9.59 Å². The number of likely N-dealkylation sites (tertiary alicyclic amines) is 1. The molecule has 2 aliphatic heterocycles. The summed E-state index contributed by atoms with van der Waals surface area (Å²) in [4.78, 5) is 31.7. The van der Waals surface area contributed by atoms with Crippen LogP contribution in [0.3, 0.4) is 0 Å². The maximum atomic E-state index is 12.8. The smallest absolute Gasteiger partial charge is 0.287 e. The molecule has 1 saturated heterocycles. The first kappa shape index (κ1) is 17.0. The number of carbonyl (C=O) groups is 2. The number of carbonyl (C=O) groups excluding carboxylic acids is 2. The molecular weight excluding hydrogens is 304 g/mol. The van der Waals surface area contributed by atoms with Crippen LogP contribution in [-0.2, 0) is 13.0 Å². The van der Waals surface area contributed by atoms with Crippen LogP contribution in [0.1, 0.15) is 78.7 Å². The van der Waals surface area contributed by atoms with Gasteiger partial charge in [-0.15, -0.1) is 0 Å². The minimum absolute atomic E-state index is 0.00295. The van der Waals surface area contributed by atoms with Crippen LogP contribution >= 0.6 is 0 Å². The molecule has 0 bridgehead atoms. The molecule has 1 N–H and O–H groups in total. The second kappa shape index (κ2) is 7.81. The van der Waals surface area contributed by atoms with Crippen molar-refractivity contribution in [3.05, 3.63) is 17.2 Å². The minimum atomic E-state index is -0.144. The van der Waals surface area contributed by atoms with Crippen molar-refractivity contribution < 1.29 is 9.59 Å². The molecule has 3 heterocycles. The summed E-state index contributed by atoms with van der Waals surface area (Å²) in [6, 6.07) is 0. The molecule has 1 aromatic heterocycles. The highest BCUT2D eigenvalue weighted by molar-refractivity contribution is 5.97. The molecule has 1 aromatic rings. The largest absolute Gasteiger partial charge is 0.349 e. The van der Waals surface area contributed by atoms with Gasteiger partial charge in [0.2, 0.25) is 0 Å². The maximum Gasteiger partial charge on any atom is 0.287 e. The maximum absolute atomic E-state index is 12.8. The Bertz CT molecular complexity index is 602. The molecule has 6 heteroatoms. The third kappa shape index (κ3) is 3.47. The summed E-state index contributed by atoms with van der Waals surface area (Å²) in [6.07, 6.45) is 8.28. The van der Waals surface area contributed by atoms with E-state index in [2.05, 4.69) is 17.2 Å². The standard InChI is InChI=1S/C18H28N4O2/c1-2-3-5-10-19-17(23)16-20-15(14-9-4-6-13-22(14)16)18(24)21-11-7-8-12-21/h2-13H2,1H3,(H,19,23). The van der Waals surface area contributed by atoms with E-state index >= 15 is 0 Å². The number of imidazole rings is 1. The molecule has 0 radical (unpaired) electrons. The Morgan fingerprint density at radius 3 is 2.58 bits per heavy atom. The predicted molar refractivity (Wildman–Crippen MR) is 92.2 cm³/mol. The molecule has 3 rings (SSSR count). The Labute approximate surface area is 143 Å². The van der Waals surface area contributed by atoms with Gasteiger partial charge in [-0.05, 0) is 38.5 Å². The third-order valence-corrected chi connectivity index (χ3v) is 4.98. The molecule has 1 fully saturated rings. The van der Waals surface area contributed by atoms with Gasteiger partial charge in [-0.1, -0.05) is 19.8 Å². The summed E-state index contributed by atoms with van der Waals surface area (Å²) in [7, 11) is 0. The van der Waals surface area contributed by atoms with E-state index in [9.17, 15) is 9.59 Å². The second-order valence-electron chi connectivity index (χ2n) is 6.80.